The maximum atomic E-state index is 3.61. The van der Waals surface area contributed by atoms with Crippen LogP contribution in [0.4, 0.5) is 0 Å². The summed E-state index contributed by atoms with van der Waals surface area (Å²) in [5, 5.41) is 7.05. The first-order chi connectivity index (χ1) is 7.68. The molecule has 0 aromatic heterocycles. The fourth-order valence-corrected chi connectivity index (χ4v) is 2.56. The predicted molar refractivity (Wildman–Crippen MR) is 68.7 cm³/mol. The van der Waals surface area contributed by atoms with E-state index < -0.39 is 0 Å². The molecule has 2 N–H and O–H groups in total. The minimum Gasteiger partial charge on any atom is -0.315 e. The maximum absolute atomic E-state index is 3.61. The van der Waals surface area contributed by atoms with Gasteiger partial charge in [-0.15, -0.1) is 0 Å². The van der Waals surface area contributed by atoms with Gasteiger partial charge in [-0.3, -0.25) is 0 Å². The lowest BCUT2D eigenvalue weighted by Crippen LogP contribution is -2.35. The van der Waals surface area contributed by atoms with Crippen LogP contribution in [0.15, 0.2) is 0 Å². The summed E-state index contributed by atoms with van der Waals surface area (Å²) in [7, 11) is 0. The third kappa shape index (κ3) is 3.72. The molecule has 94 valence electrons. The average molecular weight is 225 g/mol. The SMILES string of the molecule is CC1(C)CC1CNCCN1CCCNCC1. The molecule has 0 radical (unpaired) electrons. The van der Waals surface area contributed by atoms with Crippen LogP contribution in [0.25, 0.3) is 0 Å². The molecule has 1 heterocycles. The van der Waals surface area contributed by atoms with Gasteiger partial charge in [-0.2, -0.15) is 0 Å². The van der Waals surface area contributed by atoms with Crippen LogP contribution in [0.2, 0.25) is 0 Å². The number of nitrogens with zero attached hydrogens (tertiary/aromatic N) is 1. The van der Waals surface area contributed by atoms with Crippen LogP contribution in [0.1, 0.15) is 26.7 Å². The van der Waals surface area contributed by atoms with Crippen molar-refractivity contribution in [3.63, 3.8) is 0 Å². The molecule has 1 unspecified atom stereocenters. The summed E-state index contributed by atoms with van der Waals surface area (Å²) in [5.74, 6) is 0.929. The second-order valence-electron chi connectivity index (χ2n) is 6.04. The highest BCUT2D eigenvalue weighted by Crippen LogP contribution is 2.50. The Labute approximate surface area is 100.0 Å². The van der Waals surface area contributed by atoms with E-state index in [1.54, 1.807) is 0 Å². The molecular formula is C13H27N3. The Morgan fingerprint density at radius 3 is 2.88 bits per heavy atom. The lowest BCUT2D eigenvalue weighted by Gasteiger charge is -2.19. The van der Waals surface area contributed by atoms with Gasteiger partial charge in [-0.05, 0) is 43.8 Å². The highest BCUT2D eigenvalue weighted by molar-refractivity contribution is 4.96. The lowest BCUT2D eigenvalue weighted by molar-refractivity contribution is 0.290. The summed E-state index contributed by atoms with van der Waals surface area (Å²) in [6, 6.07) is 0. The van der Waals surface area contributed by atoms with E-state index in [0.29, 0.717) is 5.41 Å². The fourth-order valence-electron chi connectivity index (χ4n) is 2.56. The molecular weight excluding hydrogens is 198 g/mol. The molecule has 0 amide bonds. The molecule has 0 aromatic carbocycles. The Bertz CT molecular complexity index is 207. The molecule has 1 aliphatic carbocycles. The smallest absolute Gasteiger partial charge is 0.0107 e. The summed E-state index contributed by atoms with van der Waals surface area (Å²) >= 11 is 0. The maximum Gasteiger partial charge on any atom is 0.0107 e. The summed E-state index contributed by atoms with van der Waals surface area (Å²) in [6.07, 6.45) is 2.71. The number of hydrogen-bond acceptors (Lipinski definition) is 3. The van der Waals surface area contributed by atoms with E-state index in [1.807, 2.05) is 0 Å². The lowest BCUT2D eigenvalue weighted by atomic mass is 10.1. The van der Waals surface area contributed by atoms with E-state index >= 15 is 0 Å². The highest BCUT2D eigenvalue weighted by Gasteiger charge is 2.44. The van der Waals surface area contributed by atoms with E-state index in [0.717, 1.165) is 19.0 Å². The van der Waals surface area contributed by atoms with Crippen LogP contribution in [-0.4, -0.2) is 50.7 Å². The molecule has 2 fully saturated rings. The first-order valence-corrected chi connectivity index (χ1v) is 6.82. The molecule has 1 saturated carbocycles. The summed E-state index contributed by atoms with van der Waals surface area (Å²) in [4.78, 5) is 2.57. The number of rotatable bonds is 5. The normalized spacial score (nSPS) is 30.0. The van der Waals surface area contributed by atoms with E-state index in [1.165, 1.54) is 45.6 Å². The van der Waals surface area contributed by atoms with Crippen molar-refractivity contribution in [2.45, 2.75) is 26.7 Å². The Balaban J connectivity index is 1.51. The Morgan fingerprint density at radius 1 is 1.31 bits per heavy atom. The van der Waals surface area contributed by atoms with Gasteiger partial charge in [0.2, 0.25) is 0 Å². The quantitative estimate of drug-likeness (QED) is 0.681. The van der Waals surface area contributed by atoms with Crippen molar-refractivity contribution in [3.8, 4) is 0 Å². The minimum atomic E-state index is 0.625. The second-order valence-corrected chi connectivity index (χ2v) is 6.04. The fraction of sp³-hybridized carbons (Fsp3) is 1.00. The third-order valence-electron chi connectivity index (χ3n) is 4.15. The van der Waals surface area contributed by atoms with Crippen molar-refractivity contribution in [1.82, 2.24) is 15.5 Å². The van der Waals surface area contributed by atoms with Gasteiger partial charge in [0.25, 0.3) is 0 Å². The zero-order chi connectivity index (χ0) is 11.4. The summed E-state index contributed by atoms with van der Waals surface area (Å²) in [6.45, 7) is 13.2. The monoisotopic (exact) mass is 225 g/mol. The van der Waals surface area contributed by atoms with Gasteiger partial charge in [0.1, 0.15) is 0 Å². The predicted octanol–water partition coefficient (Wildman–Crippen LogP) is 0.917. The first-order valence-electron chi connectivity index (χ1n) is 6.82. The van der Waals surface area contributed by atoms with Gasteiger partial charge in [-0.25, -0.2) is 0 Å². The van der Waals surface area contributed by atoms with E-state index in [2.05, 4.69) is 29.4 Å². The van der Waals surface area contributed by atoms with Gasteiger partial charge < -0.3 is 15.5 Å². The molecule has 1 atom stereocenters. The van der Waals surface area contributed by atoms with Gasteiger partial charge in [-0.1, -0.05) is 13.8 Å². The van der Waals surface area contributed by atoms with Crippen molar-refractivity contribution in [1.29, 1.82) is 0 Å². The van der Waals surface area contributed by atoms with Crippen molar-refractivity contribution in [2.24, 2.45) is 11.3 Å². The highest BCUT2D eigenvalue weighted by atomic mass is 15.2. The zero-order valence-corrected chi connectivity index (χ0v) is 10.9. The minimum absolute atomic E-state index is 0.625. The molecule has 2 rings (SSSR count). The van der Waals surface area contributed by atoms with Crippen molar-refractivity contribution >= 4 is 0 Å². The van der Waals surface area contributed by atoms with Crippen LogP contribution in [-0.2, 0) is 0 Å². The van der Waals surface area contributed by atoms with Gasteiger partial charge in [0.05, 0.1) is 0 Å². The first kappa shape index (κ1) is 12.3. The number of nitrogens with one attached hydrogen (secondary N) is 2. The van der Waals surface area contributed by atoms with E-state index in [9.17, 15) is 0 Å². The van der Waals surface area contributed by atoms with Crippen LogP contribution in [0.5, 0.6) is 0 Å². The summed E-state index contributed by atoms with van der Waals surface area (Å²) < 4.78 is 0. The van der Waals surface area contributed by atoms with Crippen LogP contribution in [0, 0.1) is 11.3 Å². The molecule has 0 spiro atoms. The molecule has 2 aliphatic rings. The Kier molecular flexibility index (Phi) is 4.22. The van der Waals surface area contributed by atoms with Gasteiger partial charge in [0.15, 0.2) is 0 Å². The Hall–Kier alpha value is -0.120. The topological polar surface area (TPSA) is 27.3 Å². The van der Waals surface area contributed by atoms with Gasteiger partial charge in [0, 0.05) is 26.2 Å². The average Bonchev–Trinajstić information content (AvgIpc) is 2.92. The molecule has 3 nitrogen and oxygen atoms in total. The molecule has 0 aromatic rings. The standard InChI is InChI=1S/C13H27N3/c1-13(2)10-12(13)11-15-6-9-16-7-3-4-14-5-8-16/h12,14-15H,3-11H2,1-2H3. The van der Waals surface area contributed by atoms with E-state index in [4.69, 9.17) is 0 Å². The molecule has 3 heteroatoms. The largest absolute Gasteiger partial charge is 0.315 e. The molecule has 0 bridgehead atoms. The zero-order valence-electron chi connectivity index (χ0n) is 10.9. The van der Waals surface area contributed by atoms with Crippen molar-refractivity contribution < 1.29 is 0 Å². The number of hydrogen-bond donors (Lipinski definition) is 2. The Morgan fingerprint density at radius 2 is 2.12 bits per heavy atom. The third-order valence-corrected chi connectivity index (χ3v) is 4.15. The van der Waals surface area contributed by atoms with Crippen LogP contribution < -0.4 is 10.6 Å². The van der Waals surface area contributed by atoms with Crippen molar-refractivity contribution in [2.75, 3.05) is 45.8 Å². The van der Waals surface area contributed by atoms with Crippen LogP contribution >= 0.6 is 0 Å². The second kappa shape index (κ2) is 5.48. The van der Waals surface area contributed by atoms with Crippen molar-refractivity contribution in [3.05, 3.63) is 0 Å². The molecule has 16 heavy (non-hydrogen) atoms. The van der Waals surface area contributed by atoms with Gasteiger partial charge >= 0.3 is 0 Å². The van der Waals surface area contributed by atoms with Crippen LogP contribution in [0.3, 0.4) is 0 Å². The summed E-state index contributed by atoms with van der Waals surface area (Å²) in [5.41, 5.74) is 0.625. The molecule has 1 aliphatic heterocycles. The van der Waals surface area contributed by atoms with E-state index in [-0.39, 0.29) is 0 Å². The molecule has 1 saturated heterocycles.